The van der Waals surface area contributed by atoms with E-state index in [9.17, 15) is 4.79 Å². The van der Waals surface area contributed by atoms with Gasteiger partial charge in [-0.15, -0.1) is 0 Å². The lowest BCUT2D eigenvalue weighted by Crippen LogP contribution is -2.32. The Morgan fingerprint density at radius 2 is 2.35 bits per heavy atom. The van der Waals surface area contributed by atoms with Crippen molar-refractivity contribution in [1.29, 1.82) is 0 Å². The van der Waals surface area contributed by atoms with Crippen molar-refractivity contribution in [1.82, 2.24) is 14.8 Å². The van der Waals surface area contributed by atoms with Crippen molar-refractivity contribution < 1.29 is 9.21 Å². The van der Waals surface area contributed by atoms with Crippen LogP contribution >= 0.6 is 0 Å². The Morgan fingerprint density at radius 3 is 3.09 bits per heavy atom. The first-order chi connectivity index (χ1) is 11.2. The number of nitrogens with zero attached hydrogens (tertiary/aromatic N) is 3. The van der Waals surface area contributed by atoms with Gasteiger partial charge in [-0.25, -0.2) is 0 Å². The van der Waals surface area contributed by atoms with Crippen molar-refractivity contribution in [3.8, 4) is 0 Å². The largest absolute Gasteiger partial charge is 0.472 e. The number of hydrogen-bond donors (Lipinski definition) is 0. The third-order valence-corrected chi connectivity index (χ3v) is 4.32. The molecule has 1 aliphatic heterocycles. The maximum Gasteiger partial charge on any atom is 0.227 e. The number of pyridine rings is 1. The Hall–Kier alpha value is -2.14. The lowest BCUT2D eigenvalue weighted by Gasteiger charge is -2.21. The standard InChI is InChI=1S/C18H23N3O2/c1-20(11-16-3-2-6-19-10-16)12-17-4-7-21(13-17)18(22)9-15-5-8-23-14-15/h2-3,5-6,8,10,14,17H,4,7,9,11-13H2,1H3/t17-/m1/s1. The summed E-state index contributed by atoms with van der Waals surface area (Å²) in [4.78, 5) is 20.7. The van der Waals surface area contributed by atoms with Gasteiger partial charge >= 0.3 is 0 Å². The first kappa shape index (κ1) is 15.7. The van der Waals surface area contributed by atoms with Crippen molar-refractivity contribution in [2.75, 3.05) is 26.7 Å². The van der Waals surface area contributed by atoms with E-state index in [1.165, 1.54) is 5.56 Å². The predicted octanol–water partition coefficient (Wildman–Crippen LogP) is 2.20. The molecule has 5 heteroatoms. The quantitative estimate of drug-likeness (QED) is 0.820. The molecule has 0 radical (unpaired) electrons. The van der Waals surface area contributed by atoms with Gasteiger partial charge in [0.2, 0.25) is 5.91 Å². The van der Waals surface area contributed by atoms with Crippen LogP contribution in [0.25, 0.3) is 0 Å². The molecular weight excluding hydrogens is 290 g/mol. The van der Waals surface area contributed by atoms with Gasteiger partial charge in [-0.05, 0) is 42.6 Å². The van der Waals surface area contributed by atoms with Gasteiger partial charge in [-0.3, -0.25) is 9.78 Å². The van der Waals surface area contributed by atoms with Crippen LogP contribution in [0.4, 0.5) is 0 Å². The van der Waals surface area contributed by atoms with E-state index in [-0.39, 0.29) is 5.91 Å². The molecular formula is C18H23N3O2. The number of likely N-dealkylation sites (tertiary alicyclic amines) is 1. The van der Waals surface area contributed by atoms with Crippen molar-refractivity contribution >= 4 is 5.91 Å². The van der Waals surface area contributed by atoms with Crippen LogP contribution in [-0.4, -0.2) is 47.4 Å². The Bertz CT molecular complexity index is 612. The van der Waals surface area contributed by atoms with Crippen LogP contribution < -0.4 is 0 Å². The lowest BCUT2D eigenvalue weighted by molar-refractivity contribution is -0.129. The summed E-state index contributed by atoms with van der Waals surface area (Å²) in [5.41, 5.74) is 2.17. The van der Waals surface area contributed by atoms with Crippen LogP contribution in [0.15, 0.2) is 47.5 Å². The molecule has 5 nitrogen and oxygen atoms in total. The summed E-state index contributed by atoms with van der Waals surface area (Å²) in [6.07, 6.45) is 8.48. The minimum Gasteiger partial charge on any atom is -0.472 e. The molecule has 23 heavy (non-hydrogen) atoms. The summed E-state index contributed by atoms with van der Waals surface area (Å²) >= 11 is 0. The summed E-state index contributed by atoms with van der Waals surface area (Å²) in [6, 6.07) is 5.92. The normalized spacial score (nSPS) is 17.8. The zero-order valence-corrected chi connectivity index (χ0v) is 13.5. The summed E-state index contributed by atoms with van der Waals surface area (Å²) in [6.45, 7) is 3.62. The molecule has 0 aromatic carbocycles. The van der Waals surface area contributed by atoms with E-state index in [1.807, 2.05) is 23.2 Å². The number of hydrogen-bond acceptors (Lipinski definition) is 4. The third kappa shape index (κ3) is 4.42. The second kappa shape index (κ2) is 7.42. The highest BCUT2D eigenvalue weighted by Crippen LogP contribution is 2.19. The highest BCUT2D eigenvalue weighted by atomic mass is 16.3. The molecule has 2 aromatic heterocycles. The zero-order chi connectivity index (χ0) is 16.1. The average Bonchev–Trinajstić information content (AvgIpc) is 3.20. The van der Waals surface area contributed by atoms with Gasteiger partial charge < -0.3 is 14.2 Å². The van der Waals surface area contributed by atoms with Crippen molar-refractivity contribution in [3.05, 3.63) is 54.2 Å². The van der Waals surface area contributed by atoms with Gasteiger partial charge in [0.1, 0.15) is 0 Å². The van der Waals surface area contributed by atoms with E-state index in [0.717, 1.165) is 38.2 Å². The van der Waals surface area contributed by atoms with Crippen molar-refractivity contribution in [3.63, 3.8) is 0 Å². The molecule has 0 bridgehead atoms. The van der Waals surface area contributed by atoms with Gasteiger partial charge in [-0.2, -0.15) is 0 Å². The highest BCUT2D eigenvalue weighted by Gasteiger charge is 2.27. The molecule has 1 amide bonds. The predicted molar refractivity (Wildman–Crippen MR) is 87.7 cm³/mol. The highest BCUT2D eigenvalue weighted by molar-refractivity contribution is 5.78. The SMILES string of the molecule is CN(Cc1cccnc1)C[C@H]1CCN(C(=O)Cc2ccoc2)C1. The van der Waals surface area contributed by atoms with E-state index < -0.39 is 0 Å². The Kier molecular flexibility index (Phi) is 5.08. The van der Waals surface area contributed by atoms with Crippen LogP contribution in [0, 0.1) is 5.92 Å². The van der Waals surface area contributed by atoms with E-state index in [2.05, 4.69) is 23.0 Å². The topological polar surface area (TPSA) is 49.6 Å². The molecule has 3 rings (SSSR count). The van der Waals surface area contributed by atoms with Gasteiger partial charge in [0.25, 0.3) is 0 Å². The number of carbonyl (C=O) groups is 1. The first-order valence-corrected chi connectivity index (χ1v) is 8.07. The van der Waals surface area contributed by atoms with E-state index >= 15 is 0 Å². The average molecular weight is 313 g/mol. The lowest BCUT2D eigenvalue weighted by atomic mass is 10.1. The minimum absolute atomic E-state index is 0.198. The number of amides is 1. The second-order valence-electron chi connectivity index (χ2n) is 6.36. The Balaban J connectivity index is 1.45. The molecule has 0 spiro atoms. The number of furan rings is 1. The maximum absolute atomic E-state index is 12.3. The van der Waals surface area contributed by atoms with Gasteiger partial charge in [0.15, 0.2) is 0 Å². The monoisotopic (exact) mass is 313 g/mol. The summed E-state index contributed by atoms with van der Waals surface area (Å²) < 4.78 is 5.03. The molecule has 2 aromatic rings. The summed E-state index contributed by atoms with van der Waals surface area (Å²) in [5.74, 6) is 0.744. The number of rotatable bonds is 6. The summed E-state index contributed by atoms with van der Waals surface area (Å²) in [7, 11) is 2.13. The molecule has 1 saturated heterocycles. The molecule has 1 atom stereocenters. The number of carbonyl (C=O) groups excluding carboxylic acids is 1. The molecule has 0 N–H and O–H groups in total. The molecule has 0 unspecified atom stereocenters. The van der Waals surface area contributed by atoms with Crippen molar-refractivity contribution in [2.24, 2.45) is 5.92 Å². The van der Waals surface area contributed by atoms with Crippen LogP contribution in [0.5, 0.6) is 0 Å². The van der Waals surface area contributed by atoms with E-state index in [0.29, 0.717) is 12.3 Å². The number of aromatic nitrogens is 1. The third-order valence-electron chi connectivity index (χ3n) is 4.32. The maximum atomic E-state index is 12.3. The smallest absolute Gasteiger partial charge is 0.227 e. The molecule has 3 heterocycles. The van der Waals surface area contributed by atoms with Crippen LogP contribution in [0.1, 0.15) is 17.5 Å². The van der Waals surface area contributed by atoms with Gasteiger partial charge in [0, 0.05) is 38.6 Å². The first-order valence-electron chi connectivity index (χ1n) is 8.07. The summed E-state index contributed by atoms with van der Waals surface area (Å²) in [5, 5.41) is 0. The Morgan fingerprint density at radius 1 is 1.43 bits per heavy atom. The van der Waals surface area contributed by atoms with Crippen LogP contribution in [0.3, 0.4) is 0 Å². The minimum atomic E-state index is 0.198. The van der Waals surface area contributed by atoms with Gasteiger partial charge in [0.05, 0.1) is 18.9 Å². The molecule has 1 aliphatic rings. The van der Waals surface area contributed by atoms with Crippen molar-refractivity contribution in [2.45, 2.75) is 19.4 Å². The fourth-order valence-electron chi connectivity index (χ4n) is 3.20. The fourth-order valence-corrected chi connectivity index (χ4v) is 3.20. The molecule has 0 saturated carbocycles. The Labute approximate surface area is 136 Å². The van der Waals surface area contributed by atoms with E-state index in [1.54, 1.807) is 18.7 Å². The van der Waals surface area contributed by atoms with Crippen LogP contribution in [0.2, 0.25) is 0 Å². The second-order valence-corrected chi connectivity index (χ2v) is 6.36. The van der Waals surface area contributed by atoms with E-state index in [4.69, 9.17) is 4.42 Å². The molecule has 122 valence electrons. The fraction of sp³-hybridized carbons (Fsp3) is 0.444. The van der Waals surface area contributed by atoms with Gasteiger partial charge in [-0.1, -0.05) is 6.07 Å². The zero-order valence-electron chi connectivity index (χ0n) is 13.5. The molecule has 1 fully saturated rings. The molecule has 0 aliphatic carbocycles. The van der Waals surface area contributed by atoms with Crippen LogP contribution in [-0.2, 0) is 17.8 Å².